The standard InChI is InChI=1S/C20H17FO6/c1-2-24-20(23)19-14(13-7-3-5-9-16(13)27-19)11-26-18(22)12-25-17-10-6-4-8-15(17)21/h3-10H,2,11-12H2,1H3. The number of carbonyl (C=O) groups is 2. The second kappa shape index (κ2) is 8.35. The molecule has 0 unspecified atom stereocenters. The minimum atomic E-state index is -0.710. The maximum atomic E-state index is 13.5. The highest BCUT2D eigenvalue weighted by atomic mass is 19.1. The Labute approximate surface area is 154 Å². The third-order valence-corrected chi connectivity index (χ3v) is 3.72. The molecule has 0 aliphatic heterocycles. The van der Waals surface area contributed by atoms with Gasteiger partial charge in [-0.25, -0.2) is 14.0 Å². The van der Waals surface area contributed by atoms with Crippen LogP contribution in [-0.2, 0) is 20.9 Å². The molecule has 0 radical (unpaired) electrons. The quantitative estimate of drug-likeness (QED) is 0.586. The van der Waals surface area contributed by atoms with Crippen LogP contribution in [0.25, 0.3) is 11.0 Å². The number of hydrogen-bond donors (Lipinski definition) is 0. The highest BCUT2D eigenvalue weighted by Gasteiger charge is 2.22. The Kier molecular flexibility index (Phi) is 5.71. The van der Waals surface area contributed by atoms with E-state index < -0.39 is 24.4 Å². The van der Waals surface area contributed by atoms with Gasteiger partial charge in [0.1, 0.15) is 12.2 Å². The van der Waals surface area contributed by atoms with Crippen molar-refractivity contribution < 1.29 is 32.6 Å². The van der Waals surface area contributed by atoms with E-state index in [2.05, 4.69) is 0 Å². The Hall–Kier alpha value is -3.35. The minimum Gasteiger partial charge on any atom is -0.479 e. The Morgan fingerprint density at radius 2 is 1.78 bits per heavy atom. The van der Waals surface area contributed by atoms with Gasteiger partial charge in [0.2, 0.25) is 5.76 Å². The fourth-order valence-electron chi connectivity index (χ4n) is 2.50. The van der Waals surface area contributed by atoms with Crippen molar-refractivity contribution in [2.75, 3.05) is 13.2 Å². The Bertz CT molecular complexity index is 962. The Balaban J connectivity index is 1.70. The van der Waals surface area contributed by atoms with Crippen LogP contribution in [0.1, 0.15) is 23.0 Å². The molecule has 0 bridgehead atoms. The van der Waals surface area contributed by atoms with Crippen LogP contribution in [0.3, 0.4) is 0 Å². The molecule has 6 nitrogen and oxygen atoms in total. The number of para-hydroxylation sites is 2. The lowest BCUT2D eigenvalue weighted by Crippen LogP contribution is -2.16. The van der Waals surface area contributed by atoms with Gasteiger partial charge in [-0.15, -0.1) is 0 Å². The lowest BCUT2D eigenvalue weighted by molar-refractivity contribution is -0.147. The summed E-state index contributed by atoms with van der Waals surface area (Å²) >= 11 is 0. The van der Waals surface area contributed by atoms with Gasteiger partial charge in [-0.3, -0.25) is 0 Å². The first-order valence-electron chi connectivity index (χ1n) is 8.30. The first kappa shape index (κ1) is 18.4. The Morgan fingerprint density at radius 3 is 2.56 bits per heavy atom. The number of benzene rings is 2. The summed E-state index contributed by atoms with van der Waals surface area (Å²) in [4.78, 5) is 24.1. The van der Waals surface area contributed by atoms with E-state index in [4.69, 9.17) is 18.6 Å². The van der Waals surface area contributed by atoms with Gasteiger partial charge in [0.15, 0.2) is 18.2 Å². The van der Waals surface area contributed by atoms with Crippen molar-refractivity contribution in [3.8, 4) is 5.75 Å². The minimum absolute atomic E-state index is 0.0131. The fraction of sp³-hybridized carbons (Fsp3) is 0.200. The number of ether oxygens (including phenoxy) is 3. The predicted octanol–water partition coefficient (Wildman–Crippen LogP) is 3.87. The number of carbonyl (C=O) groups excluding carboxylic acids is 2. The molecule has 0 aliphatic carbocycles. The molecular formula is C20H17FO6. The molecule has 140 valence electrons. The van der Waals surface area contributed by atoms with Crippen molar-refractivity contribution in [2.24, 2.45) is 0 Å². The van der Waals surface area contributed by atoms with Gasteiger partial charge in [0.05, 0.1) is 12.2 Å². The topological polar surface area (TPSA) is 75.0 Å². The van der Waals surface area contributed by atoms with Gasteiger partial charge < -0.3 is 18.6 Å². The van der Waals surface area contributed by atoms with Gasteiger partial charge in [-0.2, -0.15) is 0 Å². The van der Waals surface area contributed by atoms with Crippen LogP contribution in [0.2, 0.25) is 0 Å². The van der Waals surface area contributed by atoms with Crippen molar-refractivity contribution in [2.45, 2.75) is 13.5 Å². The molecule has 0 N–H and O–H groups in total. The van der Waals surface area contributed by atoms with Crippen LogP contribution in [0, 0.1) is 5.82 Å². The van der Waals surface area contributed by atoms with Crippen LogP contribution < -0.4 is 4.74 Å². The summed E-state index contributed by atoms with van der Waals surface area (Å²) in [6.45, 7) is 1.20. The van der Waals surface area contributed by atoms with Crippen molar-refractivity contribution in [3.05, 3.63) is 65.7 Å². The molecule has 0 atom stereocenters. The van der Waals surface area contributed by atoms with Crippen molar-refractivity contribution in [1.29, 1.82) is 0 Å². The summed E-state index contributed by atoms with van der Waals surface area (Å²) in [5, 5.41) is 0.642. The van der Waals surface area contributed by atoms with E-state index in [1.807, 2.05) is 0 Å². The largest absolute Gasteiger partial charge is 0.479 e. The van der Waals surface area contributed by atoms with Gasteiger partial charge in [-0.1, -0.05) is 30.3 Å². The van der Waals surface area contributed by atoms with Gasteiger partial charge in [-0.05, 0) is 25.1 Å². The van der Waals surface area contributed by atoms with E-state index in [0.29, 0.717) is 16.5 Å². The van der Waals surface area contributed by atoms with E-state index in [1.54, 1.807) is 37.3 Å². The second-order valence-corrected chi connectivity index (χ2v) is 5.51. The predicted molar refractivity (Wildman–Crippen MR) is 93.9 cm³/mol. The molecule has 0 amide bonds. The average Bonchev–Trinajstić information content (AvgIpc) is 3.05. The lowest BCUT2D eigenvalue weighted by Gasteiger charge is -2.08. The molecule has 0 aliphatic rings. The number of fused-ring (bicyclic) bond motifs is 1. The molecule has 7 heteroatoms. The molecule has 0 spiro atoms. The summed E-state index contributed by atoms with van der Waals surface area (Å²) in [6.07, 6.45) is 0. The first-order valence-corrected chi connectivity index (χ1v) is 8.30. The third kappa shape index (κ3) is 4.25. The van der Waals surface area contributed by atoms with Crippen LogP contribution in [0.15, 0.2) is 52.9 Å². The lowest BCUT2D eigenvalue weighted by atomic mass is 10.1. The van der Waals surface area contributed by atoms with Crippen molar-refractivity contribution in [3.63, 3.8) is 0 Å². The SMILES string of the molecule is CCOC(=O)c1oc2ccccc2c1COC(=O)COc1ccccc1F. The van der Waals surface area contributed by atoms with Crippen molar-refractivity contribution in [1.82, 2.24) is 0 Å². The number of furan rings is 1. The summed E-state index contributed by atoms with van der Waals surface area (Å²) < 4.78 is 34.3. The molecule has 0 saturated carbocycles. The molecule has 3 rings (SSSR count). The third-order valence-electron chi connectivity index (χ3n) is 3.72. The van der Waals surface area contributed by atoms with E-state index in [0.717, 1.165) is 0 Å². The van der Waals surface area contributed by atoms with Gasteiger partial charge >= 0.3 is 11.9 Å². The van der Waals surface area contributed by atoms with Crippen LogP contribution in [-0.4, -0.2) is 25.2 Å². The van der Waals surface area contributed by atoms with Crippen LogP contribution in [0.4, 0.5) is 4.39 Å². The molecular weight excluding hydrogens is 355 g/mol. The maximum Gasteiger partial charge on any atom is 0.374 e. The maximum absolute atomic E-state index is 13.5. The van der Waals surface area contributed by atoms with Gasteiger partial charge in [0, 0.05) is 5.39 Å². The summed E-state index contributed by atoms with van der Waals surface area (Å²) in [7, 11) is 0. The van der Waals surface area contributed by atoms with Gasteiger partial charge in [0.25, 0.3) is 0 Å². The zero-order valence-electron chi connectivity index (χ0n) is 14.6. The number of esters is 2. The van der Waals surface area contributed by atoms with E-state index in [9.17, 15) is 14.0 Å². The fourth-order valence-corrected chi connectivity index (χ4v) is 2.50. The highest BCUT2D eigenvalue weighted by Crippen LogP contribution is 2.27. The van der Waals surface area contributed by atoms with E-state index in [-0.39, 0.29) is 24.7 Å². The molecule has 3 aromatic rings. The van der Waals surface area contributed by atoms with Crippen LogP contribution >= 0.6 is 0 Å². The highest BCUT2D eigenvalue weighted by molar-refractivity contribution is 5.96. The average molecular weight is 372 g/mol. The normalized spacial score (nSPS) is 10.6. The molecule has 1 aromatic heterocycles. The number of halogens is 1. The van der Waals surface area contributed by atoms with E-state index >= 15 is 0 Å². The molecule has 27 heavy (non-hydrogen) atoms. The zero-order chi connectivity index (χ0) is 19.2. The Morgan fingerprint density at radius 1 is 1.04 bits per heavy atom. The molecule has 0 fully saturated rings. The number of hydrogen-bond acceptors (Lipinski definition) is 6. The molecule has 1 heterocycles. The number of rotatable bonds is 7. The summed E-state index contributed by atoms with van der Waals surface area (Å²) in [6, 6.07) is 12.7. The first-order chi connectivity index (χ1) is 13.1. The smallest absolute Gasteiger partial charge is 0.374 e. The second-order valence-electron chi connectivity index (χ2n) is 5.51. The molecule has 0 saturated heterocycles. The van der Waals surface area contributed by atoms with Crippen molar-refractivity contribution >= 4 is 22.9 Å². The van der Waals surface area contributed by atoms with E-state index in [1.165, 1.54) is 18.2 Å². The summed E-state index contributed by atoms with van der Waals surface area (Å²) in [5.41, 5.74) is 0.887. The molecule has 2 aromatic carbocycles. The zero-order valence-corrected chi connectivity index (χ0v) is 14.6. The summed E-state index contributed by atoms with van der Waals surface area (Å²) in [5.74, 6) is -1.98. The van der Waals surface area contributed by atoms with Crippen LogP contribution in [0.5, 0.6) is 5.75 Å². The monoisotopic (exact) mass is 372 g/mol.